The molecule has 1 aromatic heterocycles. The SMILES string of the molecule is O=C(N1CCOCC1)[C@@]12CCCCN1C[C@@H](Nc1nccc3ccccc13)C2. The number of anilines is 1. The Bertz CT molecular complexity index is 861. The Morgan fingerprint density at radius 2 is 2.00 bits per heavy atom. The molecule has 0 spiro atoms. The number of morpholine rings is 1. The van der Waals surface area contributed by atoms with E-state index in [1.807, 2.05) is 17.2 Å². The molecule has 3 saturated heterocycles. The van der Waals surface area contributed by atoms with E-state index in [1.165, 1.54) is 11.8 Å². The maximum absolute atomic E-state index is 13.6. The van der Waals surface area contributed by atoms with Crippen LogP contribution in [-0.4, -0.2) is 71.7 Å². The Balaban J connectivity index is 1.40. The molecule has 0 radical (unpaired) electrons. The van der Waals surface area contributed by atoms with Crippen molar-refractivity contribution in [3.05, 3.63) is 36.5 Å². The van der Waals surface area contributed by atoms with Crippen LogP contribution in [0.25, 0.3) is 10.8 Å². The molecule has 0 aliphatic carbocycles. The zero-order valence-corrected chi connectivity index (χ0v) is 16.3. The first-order valence-corrected chi connectivity index (χ1v) is 10.5. The van der Waals surface area contributed by atoms with Crippen LogP contribution in [0.2, 0.25) is 0 Å². The summed E-state index contributed by atoms with van der Waals surface area (Å²) in [6, 6.07) is 10.6. The van der Waals surface area contributed by atoms with Gasteiger partial charge >= 0.3 is 0 Å². The molecule has 0 saturated carbocycles. The number of hydrogen-bond donors (Lipinski definition) is 1. The molecule has 1 N–H and O–H groups in total. The number of nitrogens with one attached hydrogen (secondary N) is 1. The number of benzene rings is 1. The van der Waals surface area contributed by atoms with Gasteiger partial charge in [0.25, 0.3) is 0 Å². The molecular formula is C22H28N4O2. The van der Waals surface area contributed by atoms with Gasteiger partial charge in [-0.05, 0) is 43.7 Å². The van der Waals surface area contributed by atoms with Gasteiger partial charge in [0.05, 0.1) is 13.2 Å². The zero-order valence-electron chi connectivity index (χ0n) is 16.3. The van der Waals surface area contributed by atoms with Crippen LogP contribution in [-0.2, 0) is 9.53 Å². The predicted octanol–water partition coefficient (Wildman–Crippen LogP) is 2.50. The highest BCUT2D eigenvalue weighted by Crippen LogP contribution is 2.40. The lowest BCUT2D eigenvalue weighted by atomic mass is 9.84. The van der Waals surface area contributed by atoms with Crippen molar-refractivity contribution >= 4 is 22.5 Å². The van der Waals surface area contributed by atoms with Crippen LogP contribution in [0.5, 0.6) is 0 Å². The number of amides is 1. The third-order valence-corrected chi connectivity index (χ3v) is 6.61. The summed E-state index contributed by atoms with van der Waals surface area (Å²) in [5.41, 5.74) is -0.349. The molecular weight excluding hydrogens is 352 g/mol. The smallest absolute Gasteiger partial charge is 0.243 e. The molecule has 3 aliphatic rings. The number of pyridine rings is 1. The van der Waals surface area contributed by atoms with Gasteiger partial charge in [0, 0.05) is 37.3 Å². The van der Waals surface area contributed by atoms with Gasteiger partial charge in [-0.1, -0.05) is 24.3 Å². The number of rotatable bonds is 3. The third kappa shape index (κ3) is 3.05. The molecule has 3 aliphatic heterocycles. The Labute approximate surface area is 165 Å². The first-order chi connectivity index (χ1) is 13.8. The second-order valence-corrected chi connectivity index (χ2v) is 8.27. The number of ether oxygens (including phenoxy) is 1. The minimum Gasteiger partial charge on any atom is -0.378 e. The first-order valence-electron chi connectivity index (χ1n) is 10.5. The van der Waals surface area contributed by atoms with Crippen molar-refractivity contribution in [2.45, 2.75) is 37.3 Å². The van der Waals surface area contributed by atoms with Crippen LogP contribution in [0.3, 0.4) is 0 Å². The van der Waals surface area contributed by atoms with Gasteiger partial charge in [0.15, 0.2) is 0 Å². The van der Waals surface area contributed by atoms with E-state index in [-0.39, 0.29) is 11.6 Å². The normalized spacial score (nSPS) is 28.3. The lowest BCUT2D eigenvalue weighted by Crippen LogP contribution is -2.60. The van der Waals surface area contributed by atoms with E-state index < -0.39 is 0 Å². The van der Waals surface area contributed by atoms with Crippen LogP contribution in [0.4, 0.5) is 5.82 Å². The second kappa shape index (κ2) is 7.33. The summed E-state index contributed by atoms with van der Waals surface area (Å²) in [4.78, 5) is 22.6. The summed E-state index contributed by atoms with van der Waals surface area (Å²) in [6.45, 7) is 4.67. The van der Waals surface area contributed by atoms with Crippen molar-refractivity contribution in [1.29, 1.82) is 0 Å². The largest absolute Gasteiger partial charge is 0.378 e. The van der Waals surface area contributed by atoms with Crippen LogP contribution in [0.1, 0.15) is 25.7 Å². The van der Waals surface area contributed by atoms with E-state index in [2.05, 4.69) is 39.5 Å². The van der Waals surface area contributed by atoms with Gasteiger partial charge in [-0.25, -0.2) is 4.98 Å². The summed E-state index contributed by atoms with van der Waals surface area (Å²) >= 11 is 0. The summed E-state index contributed by atoms with van der Waals surface area (Å²) < 4.78 is 5.46. The van der Waals surface area contributed by atoms with E-state index in [0.29, 0.717) is 19.1 Å². The van der Waals surface area contributed by atoms with E-state index >= 15 is 0 Å². The molecule has 6 heteroatoms. The molecule has 2 atom stereocenters. The number of carbonyl (C=O) groups is 1. The molecule has 148 valence electrons. The second-order valence-electron chi connectivity index (χ2n) is 8.27. The topological polar surface area (TPSA) is 57.7 Å². The van der Waals surface area contributed by atoms with Crippen LogP contribution < -0.4 is 5.32 Å². The molecule has 3 fully saturated rings. The fourth-order valence-corrected chi connectivity index (χ4v) is 5.24. The molecule has 0 unspecified atom stereocenters. The van der Waals surface area contributed by atoms with E-state index in [4.69, 9.17) is 4.74 Å². The average molecular weight is 380 g/mol. The van der Waals surface area contributed by atoms with Gasteiger partial charge in [-0.15, -0.1) is 0 Å². The molecule has 6 nitrogen and oxygen atoms in total. The van der Waals surface area contributed by atoms with Gasteiger partial charge in [-0.3, -0.25) is 9.69 Å². The molecule has 1 amide bonds. The number of fused-ring (bicyclic) bond motifs is 2. The van der Waals surface area contributed by atoms with Gasteiger partial charge in [-0.2, -0.15) is 0 Å². The lowest BCUT2D eigenvalue weighted by molar-refractivity contribution is -0.149. The fourth-order valence-electron chi connectivity index (χ4n) is 5.24. The standard InChI is InChI=1S/C22H28N4O2/c27-21(25-11-13-28-14-12-25)22-8-3-4-10-26(22)16-18(15-22)24-20-19-6-2-1-5-17(19)7-9-23-20/h1-2,5-7,9,18H,3-4,8,10-16H2,(H,23,24)/t18-,22-/m0/s1. The van der Waals surface area contributed by atoms with Crippen molar-refractivity contribution in [1.82, 2.24) is 14.8 Å². The highest BCUT2D eigenvalue weighted by molar-refractivity contribution is 5.92. The van der Waals surface area contributed by atoms with Crippen LogP contribution >= 0.6 is 0 Å². The maximum atomic E-state index is 13.6. The summed E-state index contributed by atoms with van der Waals surface area (Å²) in [6.07, 6.45) is 5.99. The molecule has 2 aromatic rings. The minimum absolute atomic E-state index is 0.237. The number of piperidine rings is 1. The number of hydrogen-bond acceptors (Lipinski definition) is 5. The maximum Gasteiger partial charge on any atom is 0.243 e. The fraction of sp³-hybridized carbons (Fsp3) is 0.545. The lowest BCUT2D eigenvalue weighted by Gasteiger charge is -2.44. The average Bonchev–Trinajstić information content (AvgIpc) is 3.13. The van der Waals surface area contributed by atoms with E-state index in [0.717, 1.165) is 56.6 Å². The van der Waals surface area contributed by atoms with Crippen molar-refractivity contribution in [2.75, 3.05) is 44.7 Å². The monoisotopic (exact) mass is 380 g/mol. The first kappa shape index (κ1) is 17.9. The Morgan fingerprint density at radius 3 is 2.89 bits per heavy atom. The van der Waals surface area contributed by atoms with Crippen molar-refractivity contribution in [2.24, 2.45) is 0 Å². The molecule has 1 aromatic carbocycles. The Hall–Kier alpha value is -2.18. The Kier molecular flexibility index (Phi) is 4.69. The molecule has 4 heterocycles. The summed E-state index contributed by atoms with van der Waals surface area (Å²) in [7, 11) is 0. The minimum atomic E-state index is -0.349. The highest BCUT2D eigenvalue weighted by Gasteiger charge is 2.53. The van der Waals surface area contributed by atoms with Crippen LogP contribution in [0.15, 0.2) is 36.5 Å². The van der Waals surface area contributed by atoms with Crippen LogP contribution in [0, 0.1) is 0 Å². The quantitative estimate of drug-likeness (QED) is 0.887. The summed E-state index contributed by atoms with van der Waals surface area (Å²) in [5, 5.41) is 6.01. The number of aromatic nitrogens is 1. The number of nitrogens with zero attached hydrogens (tertiary/aromatic N) is 3. The van der Waals surface area contributed by atoms with Crippen molar-refractivity contribution < 1.29 is 9.53 Å². The van der Waals surface area contributed by atoms with Gasteiger partial charge < -0.3 is 15.0 Å². The predicted molar refractivity (Wildman–Crippen MR) is 109 cm³/mol. The number of carbonyl (C=O) groups excluding carboxylic acids is 1. The zero-order chi connectivity index (χ0) is 19.0. The van der Waals surface area contributed by atoms with E-state index in [9.17, 15) is 4.79 Å². The van der Waals surface area contributed by atoms with Crippen molar-refractivity contribution in [3.8, 4) is 0 Å². The highest BCUT2D eigenvalue weighted by atomic mass is 16.5. The Morgan fingerprint density at radius 1 is 1.14 bits per heavy atom. The molecule has 28 heavy (non-hydrogen) atoms. The molecule has 5 rings (SSSR count). The third-order valence-electron chi connectivity index (χ3n) is 6.61. The van der Waals surface area contributed by atoms with Gasteiger partial charge in [0.1, 0.15) is 11.4 Å². The van der Waals surface area contributed by atoms with Gasteiger partial charge in [0.2, 0.25) is 5.91 Å². The van der Waals surface area contributed by atoms with E-state index in [1.54, 1.807) is 0 Å². The summed E-state index contributed by atoms with van der Waals surface area (Å²) in [5.74, 6) is 1.24. The van der Waals surface area contributed by atoms with Crippen molar-refractivity contribution in [3.63, 3.8) is 0 Å². The molecule has 0 bridgehead atoms.